The Morgan fingerprint density at radius 2 is 1.85 bits per heavy atom. The molecule has 7 heteroatoms. The van der Waals surface area contributed by atoms with Crippen LogP contribution < -0.4 is 5.32 Å². The summed E-state index contributed by atoms with van der Waals surface area (Å²) in [5.74, 6) is 0.167. The Morgan fingerprint density at radius 3 is 2.58 bits per heavy atom. The van der Waals surface area contributed by atoms with E-state index in [1.54, 1.807) is 24.7 Å². The topological polar surface area (TPSA) is 68.5 Å². The number of hydrogen-bond acceptors (Lipinski definition) is 5. The summed E-state index contributed by atoms with van der Waals surface area (Å²) in [6, 6.07) is 12.2. The zero-order chi connectivity index (χ0) is 18.1. The van der Waals surface area contributed by atoms with E-state index in [-0.39, 0.29) is 11.9 Å². The summed E-state index contributed by atoms with van der Waals surface area (Å²) < 4.78 is 15.0. The van der Waals surface area contributed by atoms with Crippen LogP contribution in [0, 0.1) is 5.82 Å². The minimum absolute atomic E-state index is 0.0611. The third-order valence-electron chi connectivity index (χ3n) is 4.30. The van der Waals surface area contributed by atoms with E-state index in [4.69, 9.17) is 0 Å². The van der Waals surface area contributed by atoms with Gasteiger partial charge >= 0.3 is 0 Å². The molecule has 1 atom stereocenters. The number of fused-ring (bicyclic) bond motifs is 1. The summed E-state index contributed by atoms with van der Waals surface area (Å²) in [4.78, 5) is 8.66. The maximum atomic E-state index is 13.0. The van der Waals surface area contributed by atoms with Gasteiger partial charge in [0, 0.05) is 12.6 Å². The van der Waals surface area contributed by atoms with Gasteiger partial charge in [0.15, 0.2) is 0 Å². The standard InChI is InChI=1S/C19H17FN6/c1-12(13-3-6-15(20)7-4-13)23-19-21-10-17(24-25-19)14-5-8-16-18(9-14)26(2)11-22-16/h3-12H,1-2H3,(H,21,23,25)/t12-/m1/s1. The number of nitrogens with one attached hydrogen (secondary N) is 1. The zero-order valence-electron chi connectivity index (χ0n) is 14.4. The van der Waals surface area contributed by atoms with Gasteiger partial charge in [0.1, 0.15) is 11.5 Å². The lowest BCUT2D eigenvalue weighted by Crippen LogP contribution is -2.10. The summed E-state index contributed by atoms with van der Waals surface area (Å²) in [6.07, 6.45) is 3.46. The molecule has 4 rings (SSSR count). The highest BCUT2D eigenvalue weighted by molar-refractivity contribution is 5.81. The molecule has 0 aliphatic heterocycles. The third kappa shape index (κ3) is 3.11. The van der Waals surface area contributed by atoms with Gasteiger partial charge in [0.25, 0.3) is 0 Å². The van der Waals surface area contributed by atoms with Crippen LogP contribution in [-0.4, -0.2) is 24.7 Å². The van der Waals surface area contributed by atoms with Crippen molar-refractivity contribution >= 4 is 17.0 Å². The van der Waals surface area contributed by atoms with Crippen LogP contribution in [0.1, 0.15) is 18.5 Å². The van der Waals surface area contributed by atoms with Crippen LogP contribution in [0.5, 0.6) is 0 Å². The Kier molecular flexibility index (Phi) is 4.04. The molecule has 6 nitrogen and oxygen atoms in total. The molecule has 0 amide bonds. The van der Waals surface area contributed by atoms with Crippen LogP contribution in [0.3, 0.4) is 0 Å². The maximum Gasteiger partial charge on any atom is 0.243 e. The second-order valence-corrected chi connectivity index (χ2v) is 6.14. The van der Waals surface area contributed by atoms with Gasteiger partial charge in [-0.1, -0.05) is 18.2 Å². The highest BCUT2D eigenvalue weighted by atomic mass is 19.1. The average molecular weight is 348 g/mol. The normalized spacial score (nSPS) is 12.3. The quantitative estimate of drug-likeness (QED) is 0.608. The molecule has 0 saturated carbocycles. The van der Waals surface area contributed by atoms with Gasteiger partial charge in [-0.15, -0.1) is 10.2 Å². The molecule has 0 aliphatic carbocycles. The van der Waals surface area contributed by atoms with Gasteiger partial charge in [-0.25, -0.2) is 14.4 Å². The molecule has 0 spiro atoms. The van der Waals surface area contributed by atoms with Crippen molar-refractivity contribution in [3.8, 4) is 11.3 Å². The van der Waals surface area contributed by atoms with Gasteiger partial charge in [-0.05, 0) is 36.8 Å². The number of nitrogens with zero attached hydrogens (tertiary/aromatic N) is 5. The fourth-order valence-corrected chi connectivity index (χ4v) is 2.79. The van der Waals surface area contributed by atoms with E-state index in [1.807, 2.05) is 36.7 Å². The first kappa shape index (κ1) is 16.1. The van der Waals surface area contributed by atoms with Crippen molar-refractivity contribution in [2.24, 2.45) is 7.05 Å². The molecule has 0 unspecified atom stereocenters. The van der Waals surface area contributed by atoms with Gasteiger partial charge in [-0.3, -0.25) is 0 Å². The van der Waals surface area contributed by atoms with E-state index < -0.39 is 0 Å². The van der Waals surface area contributed by atoms with Crippen molar-refractivity contribution in [2.45, 2.75) is 13.0 Å². The van der Waals surface area contributed by atoms with Crippen LogP contribution in [0.4, 0.5) is 10.3 Å². The molecule has 4 aromatic rings. The number of halogens is 1. The predicted molar refractivity (Wildman–Crippen MR) is 98.0 cm³/mol. The minimum atomic E-state index is -0.256. The molecule has 2 aromatic heterocycles. The fourth-order valence-electron chi connectivity index (χ4n) is 2.79. The third-order valence-corrected chi connectivity index (χ3v) is 4.30. The van der Waals surface area contributed by atoms with Crippen molar-refractivity contribution in [1.29, 1.82) is 0 Å². The fraction of sp³-hybridized carbons (Fsp3) is 0.158. The number of rotatable bonds is 4. The average Bonchev–Trinajstić information content (AvgIpc) is 3.03. The van der Waals surface area contributed by atoms with E-state index in [1.165, 1.54) is 12.1 Å². The predicted octanol–water partition coefficient (Wildman–Crippen LogP) is 3.74. The molecule has 0 aliphatic rings. The minimum Gasteiger partial charge on any atom is -0.346 e. The van der Waals surface area contributed by atoms with E-state index in [9.17, 15) is 4.39 Å². The summed E-state index contributed by atoms with van der Waals surface area (Å²) in [5.41, 5.74) is 4.52. The van der Waals surface area contributed by atoms with E-state index in [2.05, 4.69) is 25.5 Å². The number of benzene rings is 2. The Balaban J connectivity index is 1.54. The number of aromatic nitrogens is 5. The maximum absolute atomic E-state index is 13.0. The lowest BCUT2D eigenvalue weighted by Gasteiger charge is -2.13. The number of hydrogen-bond donors (Lipinski definition) is 1. The van der Waals surface area contributed by atoms with Crippen LogP contribution in [-0.2, 0) is 7.05 Å². The molecule has 2 heterocycles. The molecule has 1 N–H and O–H groups in total. The first-order valence-corrected chi connectivity index (χ1v) is 8.23. The zero-order valence-corrected chi connectivity index (χ0v) is 14.4. The molecule has 0 bridgehead atoms. The van der Waals surface area contributed by atoms with Crippen molar-refractivity contribution in [3.05, 3.63) is 66.4 Å². The Labute approximate surface area is 149 Å². The van der Waals surface area contributed by atoms with Crippen LogP contribution in [0.2, 0.25) is 0 Å². The van der Waals surface area contributed by atoms with Gasteiger partial charge < -0.3 is 9.88 Å². The summed E-state index contributed by atoms with van der Waals surface area (Å²) in [7, 11) is 1.95. The Morgan fingerprint density at radius 1 is 1.04 bits per heavy atom. The SMILES string of the molecule is C[C@@H](Nc1ncc(-c2ccc3ncn(C)c3c2)nn1)c1ccc(F)cc1. The lowest BCUT2D eigenvalue weighted by atomic mass is 10.1. The second kappa shape index (κ2) is 6.51. The summed E-state index contributed by atoms with van der Waals surface area (Å²) in [5, 5.41) is 11.6. The first-order valence-electron chi connectivity index (χ1n) is 8.23. The summed E-state index contributed by atoms with van der Waals surface area (Å²) in [6.45, 7) is 1.96. The number of aryl methyl sites for hydroxylation is 1. The van der Waals surface area contributed by atoms with Crippen LogP contribution >= 0.6 is 0 Å². The van der Waals surface area contributed by atoms with Crippen LogP contribution in [0.25, 0.3) is 22.3 Å². The first-order chi connectivity index (χ1) is 12.6. The Hall–Kier alpha value is -3.35. The Bertz CT molecular complexity index is 1040. The van der Waals surface area contributed by atoms with Gasteiger partial charge in [0.2, 0.25) is 5.95 Å². The summed E-state index contributed by atoms with van der Waals surface area (Å²) >= 11 is 0. The second-order valence-electron chi connectivity index (χ2n) is 6.14. The van der Waals surface area contributed by atoms with E-state index in [0.29, 0.717) is 11.6 Å². The largest absolute Gasteiger partial charge is 0.346 e. The van der Waals surface area contributed by atoms with Crippen molar-refractivity contribution in [3.63, 3.8) is 0 Å². The van der Waals surface area contributed by atoms with E-state index in [0.717, 1.165) is 22.2 Å². The van der Waals surface area contributed by atoms with Crippen LogP contribution in [0.15, 0.2) is 55.0 Å². The van der Waals surface area contributed by atoms with Crippen molar-refractivity contribution in [2.75, 3.05) is 5.32 Å². The monoisotopic (exact) mass is 348 g/mol. The molecule has 0 fully saturated rings. The number of anilines is 1. The molecular weight excluding hydrogens is 331 g/mol. The highest BCUT2D eigenvalue weighted by Crippen LogP contribution is 2.22. The van der Waals surface area contributed by atoms with E-state index >= 15 is 0 Å². The van der Waals surface area contributed by atoms with Gasteiger partial charge in [0.05, 0.1) is 29.6 Å². The highest BCUT2D eigenvalue weighted by Gasteiger charge is 2.09. The molecule has 0 saturated heterocycles. The molecule has 130 valence electrons. The molecule has 26 heavy (non-hydrogen) atoms. The molecule has 0 radical (unpaired) electrons. The van der Waals surface area contributed by atoms with Crippen molar-refractivity contribution < 1.29 is 4.39 Å². The van der Waals surface area contributed by atoms with Gasteiger partial charge in [-0.2, -0.15) is 0 Å². The lowest BCUT2D eigenvalue weighted by molar-refractivity contribution is 0.626. The number of imidazole rings is 1. The molecule has 2 aromatic carbocycles. The smallest absolute Gasteiger partial charge is 0.243 e. The molecular formula is C19H17FN6. The van der Waals surface area contributed by atoms with Crippen molar-refractivity contribution in [1.82, 2.24) is 24.7 Å².